The molecule has 21 aromatic carbocycles. The van der Waals surface area contributed by atoms with Crippen LogP contribution in [0.1, 0.15) is 33.7 Å². The van der Waals surface area contributed by atoms with E-state index in [-0.39, 0.29) is 5.92 Å². The molecule has 13 heteroatoms. The number of thiophene rings is 1. The molecule has 0 saturated heterocycles. The zero-order chi connectivity index (χ0) is 99.4. The SMILES string of the molecule is N#Cc1cccc(-c2cc(-n3c4ccccc4c4cc(-c5ccc6c(c5)-c5ccccc5C6c5ccccc5)ccc43)nc3ccccc23)c1.N#Cc1cccc(-c2nc(-n3c4ccccc4c4cc(-c5ccc6c(c5)c5ccccc5n6-c5ccccc5)ccc43)nc3ccccc23)c1.c1ccc(-c2ccc3c4ccc5c6ccccc6sc5c4n(-c4cccc(-c5nc(-c6ccccc6)nc(-c6ccccc6)n5)c4)c3c2)cc1. The molecule has 0 radical (unpaired) electrons. The number of pyridine rings is 1. The number of hydrogen-bond acceptors (Lipinski definition) is 9. The van der Waals surface area contributed by atoms with Gasteiger partial charge in [-0.2, -0.15) is 10.5 Å². The number of fused-ring (bicyclic) bond motifs is 21. The summed E-state index contributed by atoms with van der Waals surface area (Å²) in [6.45, 7) is 0. The smallest absolute Gasteiger partial charge is 0.235 e. The van der Waals surface area contributed by atoms with Gasteiger partial charge >= 0.3 is 0 Å². The minimum atomic E-state index is 0.235. The van der Waals surface area contributed by atoms with Gasteiger partial charge in [-0.15, -0.1) is 11.3 Å². The van der Waals surface area contributed by atoms with E-state index in [1.165, 1.54) is 119 Å². The van der Waals surface area contributed by atoms with E-state index in [4.69, 9.17) is 29.9 Å². The van der Waals surface area contributed by atoms with Crippen molar-refractivity contribution in [3.8, 4) is 136 Å². The predicted octanol–water partition coefficient (Wildman–Crippen LogP) is 34.7. The molecule has 0 amide bonds. The quantitative estimate of drug-likeness (QED) is 0.111. The first-order chi connectivity index (χ1) is 74.3. The summed E-state index contributed by atoms with van der Waals surface area (Å²) >= 11 is 1.86. The lowest BCUT2D eigenvalue weighted by atomic mass is 9.89. The van der Waals surface area contributed by atoms with Gasteiger partial charge in [0.1, 0.15) is 5.82 Å². The Labute approximate surface area is 866 Å². The number of hydrogen-bond donors (Lipinski definition) is 0. The Morgan fingerprint density at radius 3 is 1.30 bits per heavy atom. The van der Waals surface area contributed by atoms with Crippen LogP contribution in [-0.4, -0.2) is 48.2 Å². The van der Waals surface area contributed by atoms with E-state index in [0.29, 0.717) is 34.5 Å². The van der Waals surface area contributed by atoms with E-state index >= 15 is 0 Å². The molecular formula is C137H84N12S. The highest BCUT2D eigenvalue weighted by atomic mass is 32.1. The molecule has 12 nitrogen and oxygen atoms in total. The minimum Gasteiger partial charge on any atom is -0.309 e. The van der Waals surface area contributed by atoms with Crippen LogP contribution >= 0.6 is 11.3 Å². The normalized spacial score (nSPS) is 12.2. The van der Waals surface area contributed by atoms with Crippen LogP contribution in [0.4, 0.5) is 0 Å². The molecule has 1 aliphatic carbocycles. The number of benzene rings is 21. The highest BCUT2D eigenvalue weighted by molar-refractivity contribution is 7.26. The maximum atomic E-state index is 9.65. The van der Waals surface area contributed by atoms with Crippen LogP contribution in [0.2, 0.25) is 0 Å². The molecule has 0 spiro atoms. The lowest BCUT2D eigenvalue weighted by Crippen LogP contribution is -2.03. The molecule has 1 atom stereocenters. The Kier molecular flexibility index (Phi) is 21.3. The molecule has 0 aliphatic heterocycles. The van der Waals surface area contributed by atoms with Crippen molar-refractivity contribution in [2.24, 2.45) is 0 Å². The molecule has 29 aromatic rings. The van der Waals surface area contributed by atoms with E-state index in [9.17, 15) is 10.5 Å². The summed E-state index contributed by atoms with van der Waals surface area (Å²) in [7, 11) is 0. The summed E-state index contributed by atoms with van der Waals surface area (Å²) in [6.07, 6.45) is 0. The van der Waals surface area contributed by atoms with Crippen molar-refractivity contribution in [1.82, 2.24) is 48.2 Å². The third-order valence-electron chi connectivity index (χ3n) is 29.5. The van der Waals surface area contributed by atoms with E-state index in [1.54, 1.807) is 0 Å². The third-order valence-corrected chi connectivity index (χ3v) is 30.7. The summed E-state index contributed by atoms with van der Waals surface area (Å²) in [5.74, 6) is 3.61. The molecule has 0 N–H and O–H groups in total. The van der Waals surface area contributed by atoms with Gasteiger partial charge in [-0.3, -0.25) is 9.13 Å². The van der Waals surface area contributed by atoms with E-state index < -0.39 is 0 Å². The fourth-order valence-corrected chi connectivity index (χ4v) is 23.9. The van der Waals surface area contributed by atoms with Gasteiger partial charge in [-0.1, -0.05) is 364 Å². The first-order valence-electron chi connectivity index (χ1n) is 50.3. The first-order valence-corrected chi connectivity index (χ1v) is 51.1. The molecule has 8 heterocycles. The van der Waals surface area contributed by atoms with Crippen LogP contribution < -0.4 is 0 Å². The van der Waals surface area contributed by atoms with Gasteiger partial charge in [0.2, 0.25) is 5.95 Å². The number of nitriles is 2. The third kappa shape index (κ3) is 15.1. The fraction of sp³-hybridized carbons (Fsp3) is 0.00730. The van der Waals surface area contributed by atoms with Crippen molar-refractivity contribution >= 4 is 141 Å². The van der Waals surface area contributed by atoms with E-state index in [1.807, 2.05) is 151 Å². The minimum absolute atomic E-state index is 0.235. The molecule has 0 saturated carbocycles. The molecule has 0 fully saturated rings. The van der Waals surface area contributed by atoms with Crippen LogP contribution in [0.15, 0.2) is 504 Å². The highest BCUT2D eigenvalue weighted by Gasteiger charge is 2.32. The van der Waals surface area contributed by atoms with Gasteiger partial charge in [0.05, 0.1) is 88.8 Å². The summed E-state index contributed by atoms with van der Waals surface area (Å²) in [6, 6.07) is 181. The van der Waals surface area contributed by atoms with Crippen LogP contribution in [-0.2, 0) is 0 Å². The lowest BCUT2D eigenvalue weighted by Gasteiger charge is -2.15. The lowest BCUT2D eigenvalue weighted by molar-refractivity contribution is 1.01. The molecule has 30 rings (SSSR count). The van der Waals surface area contributed by atoms with Gasteiger partial charge in [0.25, 0.3) is 0 Å². The van der Waals surface area contributed by atoms with Crippen LogP contribution in [0.5, 0.6) is 0 Å². The van der Waals surface area contributed by atoms with Crippen molar-refractivity contribution in [1.29, 1.82) is 10.5 Å². The standard InChI is InChI=1S/C47H29N3.C45H27N5.C45H28N4S/c48-29-30-11-10-14-34(25-30)40-28-46(49-43-19-8-6-16-36(40)43)50-44-20-9-7-17-37(44)42-27-33(22-24-45(42)50)32-21-23-39-41(26-32)35-15-4-5-18-38(35)47(39)31-12-2-1-3-13-31;46-28-29-11-10-12-32(25-29)44-36-17-4-7-18-39(36)47-45(48-44)50-41-20-9-6-16-35(41)38-27-31(22-24-43(38)50)30-21-23-42-37(26-30)34-15-5-8-19-40(34)49(42)33-13-2-1-3-14-33;1-4-13-29(14-5-1)32-23-24-35-37-25-26-38-36-21-10-11-22-40(36)50-42(38)41(37)49(39(35)28-32)34-20-12-19-33(27-34)45-47-43(30-15-6-2-7-16-30)46-44(48-45)31-17-8-3-9-18-31/h1-28,47H;1-27H;1-28H. The zero-order valence-corrected chi connectivity index (χ0v) is 81.6. The predicted molar refractivity (Wildman–Crippen MR) is 617 cm³/mol. The van der Waals surface area contributed by atoms with Crippen LogP contribution in [0.3, 0.4) is 0 Å². The Hall–Kier alpha value is -20.2. The first kappa shape index (κ1) is 87.6. The average Bonchev–Trinajstić information content (AvgIpc) is 1.55. The Morgan fingerprint density at radius 1 is 0.220 bits per heavy atom. The second-order valence-electron chi connectivity index (χ2n) is 38.1. The van der Waals surface area contributed by atoms with Gasteiger partial charge in [-0.25, -0.2) is 29.9 Å². The van der Waals surface area contributed by atoms with Crippen molar-refractivity contribution in [2.45, 2.75) is 5.92 Å². The molecule has 8 aromatic heterocycles. The Morgan fingerprint density at radius 2 is 0.653 bits per heavy atom. The van der Waals surface area contributed by atoms with E-state index in [0.717, 1.165) is 128 Å². The fourth-order valence-electron chi connectivity index (χ4n) is 22.6. The number of para-hydroxylation sites is 6. The topological polar surface area (TPSA) is 145 Å². The van der Waals surface area contributed by atoms with Crippen molar-refractivity contribution in [3.05, 3.63) is 531 Å². The van der Waals surface area contributed by atoms with Crippen molar-refractivity contribution in [2.75, 3.05) is 0 Å². The van der Waals surface area contributed by atoms with Crippen LogP contribution in [0.25, 0.3) is 253 Å². The summed E-state index contributed by atoms with van der Waals surface area (Å²) < 4.78 is 11.8. The second kappa shape index (κ2) is 36.6. The highest BCUT2D eigenvalue weighted by Crippen LogP contribution is 2.52. The molecule has 0 bridgehead atoms. The monoisotopic (exact) mass is 1930 g/mol. The maximum Gasteiger partial charge on any atom is 0.235 e. The van der Waals surface area contributed by atoms with Crippen LogP contribution in [0, 0.1) is 22.7 Å². The van der Waals surface area contributed by atoms with Gasteiger partial charge in [0.15, 0.2) is 17.5 Å². The molecule has 1 unspecified atom stereocenters. The number of aromatic nitrogens is 10. The largest absolute Gasteiger partial charge is 0.309 e. The van der Waals surface area contributed by atoms with E-state index in [2.05, 4.69) is 394 Å². The summed E-state index contributed by atoms with van der Waals surface area (Å²) in [4.78, 5) is 30.5. The Bertz CT molecular complexity index is 10500. The number of nitrogens with zero attached hydrogens (tertiary/aromatic N) is 12. The molecule has 150 heavy (non-hydrogen) atoms. The second-order valence-corrected chi connectivity index (χ2v) is 39.2. The van der Waals surface area contributed by atoms with Crippen molar-refractivity contribution in [3.63, 3.8) is 0 Å². The average molecular weight is 1930 g/mol. The number of rotatable bonds is 13. The van der Waals surface area contributed by atoms with Gasteiger partial charge in [-0.05, 0) is 212 Å². The van der Waals surface area contributed by atoms with Crippen molar-refractivity contribution < 1.29 is 0 Å². The molecule has 698 valence electrons. The summed E-state index contributed by atoms with van der Waals surface area (Å²) in [5, 5.41) is 33.4. The zero-order valence-electron chi connectivity index (χ0n) is 80.8. The van der Waals surface area contributed by atoms with Gasteiger partial charge in [0, 0.05) is 109 Å². The molecule has 1 aliphatic rings. The maximum absolute atomic E-state index is 9.65. The summed E-state index contributed by atoms with van der Waals surface area (Å²) in [5.41, 5.74) is 34.5. The van der Waals surface area contributed by atoms with Gasteiger partial charge < -0.3 is 9.13 Å². The molecular weight excluding hydrogens is 1850 g/mol. The Balaban J connectivity index is 0.000000108.